The van der Waals surface area contributed by atoms with Crippen LogP contribution < -0.4 is 5.32 Å². The van der Waals surface area contributed by atoms with Crippen LogP contribution in [0.3, 0.4) is 0 Å². The summed E-state index contributed by atoms with van der Waals surface area (Å²) in [5, 5.41) is 7.00. The number of fused-ring (bicyclic) bond motifs is 1. The van der Waals surface area contributed by atoms with Gasteiger partial charge in [-0.05, 0) is 42.8 Å². The maximum Gasteiger partial charge on any atom is 0.255 e. The molecule has 0 fully saturated rings. The molecule has 0 aliphatic heterocycles. The van der Waals surface area contributed by atoms with Crippen molar-refractivity contribution in [3.63, 3.8) is 0 Å². The Hall–Kier alpha value is -3.61. The fourth-order valence-electron chi connectivity index (χ4n) is 2.60. The van der Waals surface area contributed by atoms with Crippen molar-refractivity contribution in [3.05, 3.63) is 78.1 Å². The topological polar surface area (TPSA) is 72.2 Å². The highest BCUT2D eigenvalue weighted by molar-refractivity contribution is 6.04. The van der Waals surface area contributed by atoms with Crippen LogP contribution in [0.5, 0.6) is 0 Å². The van der Waals surface area contributed by atoms with Crippen LogP contribution in [0.2, 0.25) is 0 Å². The summed E-state index contributed by atoms with van der Waals surface area (Å²) in [5.41, 5.74) is 3.35. The molecule has 1 amide bonds. The molecule has 26 heavy (non-hydrogen) atoms. The van der Waals surface area contributed by atoms with E-state index in [9.17, 15) is 9.18 Å². The van der Waals surface area contributed by atoms with Crippen LogP contribution in [0.4, 0.5) is 10.1 Å². The maximum atomic E-state index is 13.7. The van der Waals surface area contributed by atoms with Gasteiger partial charge in [-0.15, -0.1) is 0 Å². The Balaban J connectivity index is 0.00000210. The monoisotopic (exact) mass is 349 g/mol. The minimum absolute atomic E-state index is 0. The van der Waals surface area contributed by atoms with Gasteiger partial charge in [-0.25, -0.2) is 13.9 Å². The number of hydrogen-bond donors (Lipinski definition) is 1. The van der Waals surface area contributed by atoms with E-state index in [4.69, 9.17) is 0 Å². The number of halogens is 1. The lowest BCUT2D eigenvalue weighted by Crippen LogP contribution is -2.12. The van der Waals surface area contributed by atoms with E-state index in [2.05, 4.69) is 20.4 Å². The van der Waals surface area contributed by atoms with E-state index in [1.165, 1.54) is 6.07 Å². The number of aryl methyl sites for hydroxylation is 1. The molecule has 0 spiro atoms. The van der Waals surface area contributed by atoms with Gasteiger partial charge in [0.15, 0.2) is 5.65 Å². The van der Waals surface area contributed by atoms with Crippen molar-refractivity contribution in [1.29, 1.82) is 0 Å². The number of benzene rings is 1. The molecule has 1 N–H and O–H groups in total. The second-order valence-electron chi connectivity index (χ2n) is 5.79. The number of nitrogens with one attached hydrogen (secondary N) is 1. The van der Waals surface area contributed by atoms with Gasteiger partial charge < -0.3 is 5.32 Å². The summed E-state index contributed by atoms with van der Waals surface area (Å²) in [4.78, 5) is 21.0. The summed E-state index contributed by atoms with van der Waals surface area (Å²) >= 11 is 0. The van der Waals surface area contributed by atoms with E-state index in [0.717, 1.165) is 5.56 Å². The lowest BCUT2D eigenvalue weighted by molar-refractivity contribution is 0.102. The number of amides is 1. The molecule has 0 saturated heterocycles. The maximum absolute atomic E-state index is 13.7. The van der Waals surface area contributed by atoms with Crippen LogP contribution in [0.15, 0.2) is 61.2 Å². The van der Waals surface area contributed by atoms with Crippen LogP contribution in [-0.2, 0) is 0 Å². The lowest BCUT2D eigenvalue weighted by Gasteiger charge is -2.07. The largest absolute Gasteiger partial charge is 0.322 e. The van der Waals surface area contributed by atoms with Gasteiger partial charge in [0, 0.05) is 31.3 Å². The predicted molar refractivity (Wildman–Crippen MR) is 97.4 cm³/mol. The molecule has 0 unspecified atom stereocenters. The molecule has 130 valence electrons. The molecule has 0 bridgehead atoms. The average Bonchev–Trinajstić information content (AvgIpc) is 3.08. The molecular weight excluding hydrogens is 333 g/mol. The quantitative estimate of drug-likeness (QED) is 0.612. The molecule has 3 heterocycles. The Morgan fingerprint density at radius 3 is 2.92 bits per heavy atom. The number of nitrogens with zero attached hydrogens (tertiary/aromatic N) is 4. The van der Waals surface area contributed by atoms with E-state index in [0.29, 0.717) is 22.6 Å². The number of pyridine rings is 1. The molecule has 0 aliphatic rings. The fourth-order valence-corrected chi connectivity index (χ4v) is 2.60. The highest BCUT2D eigenvalue weighted by atomic mass is 19.1. The van der Waals surface area contributed by atoms with Crippen molar-refractivity contribution in [3.8, 4) is 11.3 Å². The van der Waals surface area contributed by atoms with E-state index in [1.54, 1.807) is 66.6 Å². The summed E-state index contributed by atoms with van der Waals surface area (Å²) in [6.07, 6.45) is 6.74. The number of anilines is 1. The summed E-state index contributed by atoms with van der Waals surface area (Å²) in [6, 6.07) is 9.58. The molecule has 0 atom stereocenters. The van der Waals surface area contributed by atoms with Crippen LogP contribution in [0.1, 0.15) is 17.3 Å². The lowest BCUT2D eigenvalue weighted by atomic mass is 10.1. The predicted octanol–water partition coefficient (Wildman–Crippen LogP) is 3.74. The standard InChI is InChI=1S/C19H14FN5O.H2/c1-12-3-4-13(9-16(12)20)19(26)24-14-5-7-21-17(10-14)15-11-23-25-8-2-6-22-18(15)25;/h2-11H,1H3,(H,21,24,26);1H. The van der Waals surface area contributed by atoms with Crippen molar-refractivity contribution in [1.82, 2.24) is 19.6 Å². The Bertz CT molecular complexity index is 1130. The van der Waals surface area contributed by atoms with Crippen LogP contribution in [-0.4, -0.2) is 25.5 Å². The van der Waals surface area contributed by atoms with E-state index in [1.807, 2.05) is 0 Å². The first kappa shape index (κ1) is 15.9. The molecule has 4 rings (SSSR count). The Labute approximate surface area is 149 Å². The van der Waals surface area contributed by atoms with E-state index < -0.39 is 5.82 Å². The van der Waals surface area contributed by atoms with Gasteiger partial charge in [0.1, 0.15) is 5.82 Å². The van der Waals surface area contributed by atoms with Gasteiger partial charge in [0.05, 0.1) is 17.5 Å². The van der Waals surface area contributed by atoms with Gasteiger partial charge in [0.2, 0.25) is 0 Å². The first-order valence-electron chi connectivity index (χ1n) is 7.94. The Morgan fingerprint density at radius 1 is 1.19 bits per heavy atom. The van der Waals surface area contributed by atoms with Crippen LogP contribution in [0.25, 0.3) is 16.9 Å². The minimum Gasteiger partial charge on any atom is -0.322 e. The zero-order valence-electron chi connectivity index (χ0n) is 13.8. The number of carbonyl (C=O) groups is 1. The number of rotatable bonds is 3. The number of aromatic nitrogens is 4. The van der Waals surface area contributed by atoms with Gasteiger partial charge in [-0.3, -0.25) is 9.78 Å². The first-order valence-corrected chi connectivity index (χ1v) is 7.94. The third-order valence-corrected chi connectivity index (χ3v) is 4.01. The van der Waals surface area contributed by atoms with Crippen LogP contribution >= 0.6 is 0 Å². The van der Waals surface area contributed by atoms with Crippen molar-refractivity contribution in [2.75, 3.05) is 5.32 Å². The molecule has 1 aromatic carbocycles. The van der Waals surface area contributed by atoms with Gasteiger partial charge in [-0.2, -0.15) is 5.10 Å². The minimum atomic E-state index is -0.412. The summed E-state index contributed by atoms with van der Waals surface area (Å²) in [5.74, 6) is -0.801. The average molecular weight is 349 g/mol. The van der Waals surface area contributed by atoms with Crippen molar-refractivity contribution < 1.29 is 10.6 Å². The van der Waals surface area contributed by atoms with Crippen molar-refractivity contribution >= 4 is 17.2 Å². The second kappa shape index (κ2) is 6.36. The van der Waals surface area contributed by atoms with Crippen LogP contribution in [0, 0.1) is 12.7 Å². The summed E-state index contributed by atoms with van der Waals surface area (Å²) < 4.78 is 15.3. The van der Waals surface area contributed by atoms with E-state index in [-0.39, 0.29) is 12.9 Å². The molecule has 4 aromatic rings. The Morgan fingerprint density at radius 2 is 2.08 bits per heavy atom. The molecule has 0 aliphatic carbocycles. The fraction of sp³-hybridized carbons (Fsp3) is 0.0526. The molecule has 0 saturated carbocycles. The van der Waals surface area contributed by atoms with Crippen molar-refractivity contribution in [2.45, 2.75) is 6.92 Å². The molecule has 7 heteroatoms. The summed E-state index contributed by atoms with van der Waals surface area (Å²) in [6.45, 7) is 1.65. The zero-order chi connectivity index (χ0) is 18.1. The SMILES string of the molecule is Cc1ccc(C(=O)Nc2ccnc(-c3cnn4cccnc34)c2)cc1F.[HH]. The first-order chi connectivity index (χ1) is 12.6. The van der Waals surface area contributed by atoms with Gasteiger partial charge in [0.25, 0.3) is 5.91 Å². The third kappa shape index (κ3) is 2.90. The smallest absolute Gasteiger partial charge is 0.255 e. The molecule has 3 aromatic heterocycles. The zero-order valence-corrected chi connectivity index (χ0v) is 13.8. The molecule has 0 radical (unpaired) electrons. The normalized spacial score (nSPS) is 10.8. The van der Waals surface area contributed by atoms with Gasteiger partial charge in [-0.1, -0.05) is 6.07 Å². The van der Waals surface area contributed by atoms with Crippen molar-refractivity contribution in [2.24, 2.45) is 0 Å². The number of carbonyl (C=O) groups excluding carboxylic acids is 1. The van der Waals surface area contributed by atoms with Gasteiger partial charge >= 0.3 is 0 Å². The Kier molecular flexibility index (Phi) is 3.89. The highest BCUT2D eigenvalue weighted by Gasteiger charge is 2.12. The summed E-state index contributed by atoms with van der Waals surface area (Å²) in [7, 11) is 0. The second-order valence-corrected chi connectivity index (χ2v) is 5.79. The third-order valence-electron chi connectivity index (χ3n) is 4.01. The number of hydrogen-bond acceptors (Lipinski definition) is 4. The molecular formula is C19H16FN5O. The highest BCUT2D eigenvalue weighted by Crippen LogP contribution is 2.23. The molecule has 6 nitrogen and oxygen atoms in total. The van der Waals surface area contributed by atoms with E-state index >= 15 is 0 Å².